The van der Waals surface area contributed by atoms with Gasteiger partial charge in [0.2, 0.25) is 0 Å². The molecule has 8 unspecified atom stereocenters. The van der Waals surface area contributed by atoms with E-state index in [9.17, 15) is 29.4 Å². The van der Waals surface area contributed by atoms with Crippen molar-refractivity contribution in [3.8, 4) is 0 Å². The molecule has 2 fully saturated rings. The number of esters is 2. The average Bonchev–Trinajstić information content (AvgIpc) is 3.53. The van der Waals surface area contributed by atoms with Gasteiger partial charge in [0.15, 0.2) is 0 Å². The molecule has 4 bridgehead atoms. The highest BCUT2D eigenvalue weighted by atomic mass is 16.6. The van der Waals surface area contributed by atoms with Crippen molar-refractivity contribution >= 4 is 23.9 Å². The molecule has 7 nitrogen and oxygen atoms in total. The smallest absolute Gasteiger partial charge is 0.321 e. The van der Waals surface area contributed by atoms with Crippen LogP contribution in [0.25, 0.3) is 0 Å². The van der Waals surface area contributed by atoms with Crippen molar-refractivity contribution in [2.24, 2.45) is 45.3 Å². The maximum absolute atomic E-state index is 13.9. The van der Waals surface area contributed by atoms with Gasteiger partial charge in [-0.25, -0.2) is 0 Å². The van der Waals surface area contributed by atoms with Crippen molar-refractivity contribution in [3.63, 3.8) is 0 Å². The SMILES string of the molecule is CCC12C=CC(C1)C(C(=O)O)C2(CC)C(=O)OC(=O)C1(CC)C(C(=O)O)C2C=CC1(CC)C2. The Bertz CT molecular complexity index is 890. The Morgan fingerprint density at radius 3 is 1.36 bits per heavy atom. The van der Waals surface area contributed by atoms with Crippen LogP contribution in [0, 0.1) is 45.3 Å². The van der Waals surface area contributed by atoms with Gasteiger partial charge >= 0.3 is 23.9 Å². The largest absolute Gasteiger partial charge is 0.481 e. The fraction of sp³-hybridized carbons (Fsp3) is 0.692. The van der Waals surface area contributed by atoms with E-state index in [0.29, 0.717) is 25.7 Å². The standard InChI is InChI=1S/C26H34O7/c1-5-23-11-9-15(13-23)17(19(27)28)25(23,7-3)21(31)33-22(32)26(8-4)18(20(29)30)16-10-12-24(26,6-2)14-16/h9-12,15-18H,5-8,13-14H2,1-4H3,(H,27,28)(H,29,30). The summed E-state index contributed by atoms with van der Waals surface area (Å²) in [6.07, 6.45) is 10.3. The summed E-state index contributed by atoms with van der Waals surface area (Å²) in [6, 6.07) is 0. The predicted octanol–water partition coefficient (Wildman–Crippen LogP) is 4.22. The lowest BCUT2D eigenvalue weighted by atomic mass is 9.57. The topological polar surface area (TPSA) is 118 Å². The van der Waals surface area contributed by atoms with E-state index in [0.717, 1.165) is 0 Å². The highest BCUT2D eigenvalue weighted by molar-refractivity contribution is 5.98. The molecule has 7 heteroatoms. The maximum atomic E-state index is 13.9. The molecule has 2 N–H and O–H groups in total. The second kappa shape index (κ2) is 7.54. The lowest BCUT2D eigenvalue weighted by molar-refractivity contribution is -0.191. The van der Waals surface area contributed by atoms with Gasteiger partial charge < -0.3 is 14.9 Å². The first-order valence-corrected chi connectivity index (χ1v) is 12.2. The number of carboxylic acids is 2. The van der Waals surface area contributed by atoms with Gasteiger partial charge in [0.25, 0.3) is 0 Å². The van der Waals surface area contributed by atoms with Gasteiger partial charge in [0.1, 0.15) is 0 Å². The fourth-order valence-electron chi connectivity index (χ4n) is 8.50. The van der Waals surface area contributed by atoms with Crippen molar-refractivity contribution < 1.29 is 34.1 Å². The number of allylic oxidation sites excluding steroid dienone is 4. The van der Waals surface area contributed by atoms with Gasteiger partial charge in [0, 0.05) is 10.8 Å². The molecule has 0 aliphatic heterocycles. The summed E-state index contributed by atoms with van der Waals surface area (Å²) >= 11 is 0. The number of fused-ring (bicyclic) bond motifs is 4. The predicted molar refractivity (Wildman–Crippen MR) is 119 cm³/mol. The molecule has 0 radical (unpaired) electrons. The molecule has 4 aliphatic rings. The van der Waals surface area contributed by atoms with Crippen LogP contribution in [0.15, 0.2) is 24.3 Å². The van der Waals surface area contributed by atoms with Crippen LogP contribution in [0.4, 0.5) is 0 Å². The van der Waals surface area contributed by atoms with Crippen LogP contribution in [0.3, 0.4) is 0 Å². The molecule has 0 heterocycles. The number of carbonyl (C=O) groups excluding carboxylic acids is 2. The molecule has 0 amide bonds. The van der Waals surface area contributed by atoms with Crippen molar-refractivity contribution in [2.75, 3.05) is 0 Å². The molecular formula is C26H34O7. The third kappa shape index (κ3) is 2.56. The van der Waals surface area contributed by atoms with Crippen LogP contribution < -0.4 is 0 Å². The van der Waals surface area contributed by atoms with E-state index in [4.69, 9.17) is 4.74 Å². The van der Waals surface area contributed by atoms with Crippen LogP contribution in [0.5, 0.6) is 0 Å². The lowest BCUT2D eigenvalue weighted by Gasteiger charge is -2.47. The molecule has 8 atom stereocenters. The Balaban J connectivity index is 1.77. The highest BCUT2D eigenvalue weighted by Crippen LogP contribution is 2.69. The first-order valence-electron chi connectivity index (χ1n) is 12.2. The van der Waals surface area contributed by atoms with E-state index in [2.05, 4.69) is 0 Å². The number of carboxylic acid groups (broad SMARTS) is 2. The van der Waals surface area contributed by atoms with Crippen LogP contribution in [0.1, 0.15) is 66.2 Å². The van der Waals surface area contributed by atoms with E-state index in [1.165, 1.54) is 0 Å². The third-order valence-electron chi connectivity index (χ3n) is 10.0. The van der Waals surface area contributed by atoms with Gasteiger partial charge in [-0.1, -0.05) is 52.0 Å². The molecule has 180 valence electrons. The first-order chi connectivity index (χ1) is 15.6. The molecule has 0 spiro atoms. The van der Waals surface area contributed by atoms with E-state index in [-0.39, 0.29) is 24.7 Å². The Hall–Kier alpha value is -2.44. The fourth-order valence-corrected chi connectivity index (χ4v) is 8.50. The monoisotopic (exact) mass is 458 g/mol. The second-order valence-electron chi connectivity index (χ2n) is 10.4. The van der Waals surface area contributed by atoms with Crippen LogP contribution in [0.2, 0.25) is 0 Å². The molecule has 4 aliphatic carbocycles. The Morgan fingerprint density at radius 2 is 1.09 bits per heavy atom. The van der Waals surface area contributed by atoms with Crippen molar-refractivity contribution in [1.82, 2.24) is 0 Å². The Kier molecular flexibility index (Phi) is 5.42. The summed E-state index contributed by atoms with van der Waals surface area (Å²) in [5.41, 5.74) is -4.09. The molecule has 4 rings (SSSR count). The average molecular weight is 459 g/mol. The Labute approximate surface area is 194 Å². The van der Waals surface area contributed by atoms with Gasteiger partial charge in [-0.15, -0.1) is 0 Å². The second-order valence-corrected chi connectivity index (χ2v) is 10.4. The molecule has 33 heavy (non-hydrogen) atoms. The molecule has 0 aromatic rings. The normalized spacial score (nSPS) is 44.4. The highest BCUT2D eigenvalue weighted by Gasteiger charge is 2.73. The summed E-state index contributed by atoms with van der Waals surface area (Å²) in [5, 5.41) is 20.1. The zero-order valence-corrected chi connectivity index (χ0v) is 19.8. The van der Waals surface area contributed by atoms with Crippen LogP contribution in [-0.4, -0.2) is 34.1 Å². The van der Waals surface area contributed by atoms with Crippen molar-refractivity contribution in [2.45, 2.75) is 66.2 Å². The molecule has 0 saturated heterocycles. The van der Waals surface area contributed by atoms with E-state index >= 15 is 0 Å². The molecular weight excluding hydrogens is 424 g/mol. The van der Waals surface area contributed by atoms with Crippen LogP contribution >= 0.6 is 0 Å². The number of hydrogen-bond acceptors (Lipinski definition) is 5. The summed E-state index contributed by atoms with van der Waals surface area (Å²) in [7, 11) is 0. The van der Waals surface area contributed by atoms with E-state index < -0.39 is 57.4 Å². The van der Waals surface area contributed by atoms with Gasteiger partial charge in [-0.05, 0) is 50.4 Å². The summed E-state index contributed by atoms with van der Waals surface area (Å²) in [5.74, 6) is -6.27. The van der Waals surface area contributed by atoms with E-state index in [1.54, 1.807) is 13.8 Å². The van der Waals surface area contributed by atoms with E-state index in [1.807, 2.05) is 38.2 Å². The van der Waals surface area contributed by atoms with Crippen molar-refractivity contribution in [1.29, 1.82) is 0 Å². The summed E-state index contributed by atoms with van der Waals surface area (Å²) in [6.45, 7) is 7.41. The minimum Gasteiger partial charge on any atom is -0.481 e. The molecule has 2 saturated carbocycles. The quantitative estimate of drug-likeness (QED) is 0.317. The van der Waals surface area contributed by atoms with Crippen LogP contribution in [-0.2, 0) is 23.9 Å². The van der Waals surface area contributed by atoms with Gasteiger partial charge in [-0.3, -0.25) is 19.2 Å². The van der Waals surface area contributed by atoms with Gasteiger partial charge in [-0.2, -0.15) is 0 Å². The molecule has 0 aromatic carbocycles. The molecule has 0 aromatic heterocycles. The summed E-state index contributed by atoms with van der Waals surface area (Å²) in [4.78, 5) is 52.4. The number of rotatable bonds is 8. The van der Waals surface area contributed by atoms with Crippen molar-refractivity contribution in [3.05, 3.63) is 24.3 Å². The minimum atomic E-state index is -1.36. The minimum absolute atomic E-state index is 0.230. The number of aliphatic carboxylic acids is 2. The Morgan fingerprint density at radius 1 is 0.727 bits per heavy atom. The number of hydrogen-bond donors (Lipinski definition) is 2. The number of carbonyl (C=O) groups is 4. The summed E-state index contributed by atoms with van der Waals surface area (Å²) < 4.78 is 5.65. The van der Waals surface area contributed by atoms with Gasteiger partial charge in [0.05, 0.1) is 22.7 Å². The first kappa shape index (κ1) is 23.7. The zero-order valence-electron chi connectivity index (χ0n) is 19.8. The maximum Gasteiger partial charge on any atom is 0.321 e. The number of ether oxygens (including phenoxy) is 1. The third-order valence-corrected chi connectivity index (χ3v) is 10.0. The zero-order chi connectivity index (χ0) is 24.4. The lowest BCUT2D eigenvalue weighted by Crippen LogP contribution is -2.55.